The molecule has 0 atom stereocenters. The van der Waals surface area contributed by atoms with E-state index in [9.17, 15) is 9.59 Å². The first-order valence-electron chi connectivity index (χ1n) is 4.46. The molecular weight excluding hydrogens is 216 g/mol. The third kappa shape index (κ3) is 14.7. The number of carboxylic acid groups (broad SMARTS) is 1. The summed E-state index contributed by atoms with van der Waals surface area (Å²) in [6.07, 6.45) is 2.50. The number of carboxylic acids is 1. The van der Waals surface area contributed by atoms with E-state index in [2.05, 4.69) is 17.9 Å². The molecular formula is C10H16O6. The van der Waals surface area contributed by atoms with Gasteiger partial charge in [0.05, 0.1) is 6.61 Å². The van der Waals surface area contributed by atoms with Gasteiger partial charge >= 0.3 is 11.9 Å². The van der Waals surface area contributed by atoms with Crippen molar-refractivity contribution in [3.8, 4) is 0 Å². The molecule has 0 aliphatic heterocycles. The number of esters is 1. The summed E-state index contributed by atoms with van der Waals surface area (Å²) < 4.78 is 4.63. The number of carbonyl (C=O) groups excluding carboxylic acids is 1. The lowest BCUT2D eigenvalue weighted by Gasteiger charge is -1.98. The van der Waals surface area contributed by atoms with Crippen molar-refractivity contribution in [2.75, 3.05) is 13.2 Å². The maximum atomic E-state index is 10.4. The summed E-state index contributed by atoms with van der Waals surface area (Å²) in [5.41, 5.74) is 0. The van der Waals surface area contributed by atoms with Crippen LogP contribution in [0.1, 0.15) is 12.8 Å². The SMILES string of the molecule is C=C(O)C(=O)O.C=CC(=O)OCCCCO. The number of hydrogen-bond acceptors (Lipinski definition) is 5. The molecule has 0 saturated heterocycles. The van der Waals surface area contributed by atoms with Gasteiger partial charge in [-0.25, -0.2) is 9.59 Å². The minimum absolute atomic E-state index is 0.144. The fourth-order valence-corrected chi connectivity index (χ4v) is 0.446. The van der Waals surface area contributed by atoms with E-state index in [-0.39, 0.29) is 6.61 Å². The number of hydrogen-bond donors (Lipinski definition) is 3. The highest BCUT2D eigenvalue weighted by molar-refractivity contribution is 5.82. The lowest BCUT2D eigenvalue weighted by atomic mass is 10.3. The highest BCUT2D eigenvalue weighted by atomic mass is 16.5. The number of aliphatic hydroxyl groups is 2. The Morgan fingerprint density at radius 3 is 2.06 bits per heavy atom. The molecule has 6 heteroatoms. The highest BCUT2D eigenvalue weighted by Crippen LogP contribution is 1.88. The molecule has 92 valence electrons. The van der Waals surface area contributed by atoms with Crippen molar-refractivity contribution in [2.45, 2.75) is 12.8 Å². The molecule has 0 aromatic heterocycles. The maximum Gasteiger partial charge on any atom is 0.370 e. The predicted molar refractivity (Wildman–Crippen MR) is 56.9 cm³/mol. The van der Waals surface area contributed by atoms with Crippen LogP contribution in [0.5, 0.6) is 0 Å². The van der Waals surface area contributed by atoms with Gasteiger partial charge in [0.15, 0.2) is 5.76 Å². The van der Waals surface area contributed by atoms with E-state index >= 15 is 0 Å². The first-order chi connectivity index (χ1) is 7.45. The van der Waals surface area contributed by atoms with Crippen LogP contribution in [0.4, 0.5) is 0 Å². The minimum Gasteiger partial charge on any atom is -0.502 e. The Kier molecular flexibility index (Phi) is 11.7. The Hall–Kier alpha value is -1.82. The summed E-state index contributed by atoms with van der Waals surface area (Å²) in [6.45, 7) is 6.46. The summed E-state index contributed by atoms with van der Waals surface area (Å²) in [5, 5.41) is 23.8. The third-order valence-corrected chi connectivity index (χ3v) is 1.21. The van der Waals surface area contributed by atoms with Crippen molar-refractivity contribution in [1.29, 1.82) is 0 Å². The average molecular weight is 232 g/mol. The molecule has 0 aromatic carbocycles. The molecule has 0 bridgehead atoms. The predicted octanol–water partition coefficient (Wildman–Crippen LogP) is 0.631. The molecule has 0 saturated carbocycles. The number of carbonyl (C=O) groups is 2. The number of rotatable bonds is 6. The van der Waals surface area contributed by atoms with Crippen LogP contribution < -0.4 is 0 Å². The molecule has 0 aliphatic carbocycles. The monoisotopic (exact) mass is 232 g/mol. The summed E-state index contributed by atoms with van der Waals surface area (Å²) in [4.78, 5) is 19.7. The normalized spacial score (nSPS) is 8.31. The fourth-order valence-electron chi connectivity index (χ4n) is 0.446. The second-order valence-electron chi connectivity index (χ2n) is 2.55. The number of aliphatic hydroxyl groups excluding tert-OH is 2. The van der Waals surface area contributed by atoms with Gasteiger partial charge in [0.2, 0.25) is 0 Å². The molecule has 0 rings (SSSR count). The molecule has 0 fully saturated rings. The minimum atomic E-state index is -1.38. The van der Waals surface area contributed by atoms with E-state index < -0.39 is 17.7 Å². The summed E-state index contributed by atoms with van der Waals surface area (Å²) in [7, 11) is 0. The first kappa shape index (κ1) is 16.6. The second-order valence-corrected chi connectivity index (χ2v) is 2.55. The Balaban J connectivity index is 0. The Bertz CT molecular complexity index is 234. The molecule has 0 aromatic rings. The van der Waals surface area contributed by atoms with Gasteiger partial charge in [-0.2, -0.15) is 0 Å². The maximum absolute atomic E-state index is 10.4. The van der Waals surface area contributed by atoms with Gasteiger partial charge in [0.1, 0.15) is 0 Å². The zero-order valence-electron chi connectivity index (χ0n) is 8.89. The van der Waals surface area contributed by atoms with Gasteiger partial charge in [-0.05, 0) is 19.4 Å². The van der Waals surface area contributed by atoms with Gasteiger partial charge in [-0.15, -0.1) is 0 Å². The van der Waals surface area contributed by atoms with Crippen LogP contribution >= 0.6 is 0 Å². The number of ether oxygens (including phenoxy) is 1. The van der Waals surface area contributed by atoms with E-state index in [4.69, 9.17) is 15.3 Å². The molecule has 0 radical (unpaired) electrons. The van der Waals surface area contributed by atoms with Crippen LogP contribution in [0.25, 0.3) is 0 Å². The van der Waals surface area contributed by atoms with Crippen molar-refractivity contribution in [1.82, 2.24) is 0 Å². The van der Waals surface area contributed by atoms with E-state index in [1.807, 2.05) is 0 Å². The summed E-state index contributed by atoms with van der Waals surface area (Å²) in [5.74, 6) is -2.61. The largest absolute Gasteiger partial charge is 0.502 e. The average Bonchev–Trinajstić information content (AvgIpc) is 2.24. The fraction of sp³-hybridized carbons (Fsp3) is 0.400. The number of unbranched alkanes of at least 4 members (excludes halogenated alkanes) is 1. The standard InChI is InChI=1S/C7H12O3.C3H4O3/c1-2-7(9)10-6-4-3-5-8;1-2(4)3(5)6/h2,8H,1,3-6H2;4H,1H2,(H,5,6). The zero-order valence-corrected chi connectivity index (χ0v) is 8.89. The lowest BCUT2D eigenvalue weighted by molar-refractivity contribution is -0.138. The van der Waals surface area contributed by atoms with E-state index in [1.54, 1.807) is 0 Å². The van der Waals surface area contributed by atoms with Crippen LogP contribution in [0.15, 0.2) is 25.0 Å². The van der Waals surface area contributed by atoms with E-state index in [0.717, 1.165) is 6.08 Å². The van der Waals surface area contributed by atoms with Crippen LogP contribution in [0.2, 0.25) is 0 Å². The van der Waals surface area contributed by atoms with Crippen molar-refractivity contribution >= 4 is 11.9 Å². The molecule has 0 unspecified atom stereocenters. The summed E-state index contributed by atoms with van der Waals surface area (Å²) >= 11 is 0. The quantitative estimate of drug-likeness (QED) is 0.268. The van der Waals surface area contributed by atoms with Crippen LogP contribution in [0, 0.1) is 0 Å². The Morgan fingerprint density at radius 2 is 1.75 bits per heavy atom. The van der Waals surface area contributed by atoms with Crippen LogP contribution in [0.3, 0.4) is 0 Å². The lowest BCUT2D eigenvalue weighted by Crippen LogP contribution is -2.02. The van der Waals surface area contributed by atoms with Crippen molar-refractivity contribution < 1.29 is 29.6 Å². The van der Waals surface area contributed by atoms with Crippen LogP contribution in [-0.4, -0.2) is 40.5 Å². The zero-order chi connectivity index (χ0) is 13.0. The second kappa shape index (κ2) is 11.3. The van der Waals surface area contributed by atoms with Crippen molar-refractivity contribution in [3.05, 3.63) is 25.0 Å². The molecule has 0 heterocycles. The molecule has 0 aliphatic rings. The van der Waals surface area contributed by atoms with Crippen molar-refractivity contribution in [3.63, 3.8) is 0 Å². The molecule has 16 heavy (non-hydrogen) atoms. The smallest absolute Gasteiger partial charge is 0.370 e. The Morgan fingerprint density at radius 1 is 1.25 bits per heavy atom. The third-order valence-electron chi connectivity index (χ3n) is 1.21. The molecule has 0 spiro atoms. The molecule has 0 amide bonds. The van der Waals surface area contributed by atoms with Gasteiger partial charge in [0, 0.05) is 12.7 Å². The molecule has 6 nitrogen and oxygen atoms in total. The van der Waals surface area contributed by atoms with E-state index in [1.165, 1.54) is 0 Å². The molecule has 3 N–H and O–H groups in total. The highest BCUT2D eigenvalue weighted by Gasteiger charge is 1.94. The summed E-state index contributed by atoms with van der Waals surface area (Å²) in [6, 6.07) is 0. The van der Waals surface area contributed by atoms with Crippen molar-refractivity contribution in [2.24, 2.45) is 0 Å². The topological polar surface area (TPSA) is 104 Å². The number of aliphatic carboxylic acids is 1. The van der Waals surface area contributed by atoms with E-state index in [0.29, 0.717) is 19.4 Å². The van der Waals surface area contributed by atoms with Crippen LogP contribution in [-0.2, 0) is 14.3 Å². The first-order valence-corrected chi connectivity index (χ1v) is 4.46. The van der Waals surface area contributed by atoms with Gasteiger partial charge in [-0.1, -0.05) is 6.58 Å². The van der Waals surface area contributed by atoms with Gasteiger partial charge < -0.3 is 20.1 Å². The van der Waals surface area contributed by atoms with Gasteiger partial charge in [-0.3, -0.25) is 0 Å². The van der Waals surface area contributed by atoms with Gasteiger partial charge in [0.25, 0.3) is 0 Å². The Labute approximate surface area is 93.5 Å².